The fourth-order valence-corrected chi connectivity index (χ4v) is 8.85. The third-order valence-corrected chi connectivity index (χ3v) is 10.9. The van der Waals surface area contributed by atoms with E-state index in [1.807, 2.05) is 7.11 Å². The Morgan fingerprint density at radius 1 is 0.644 bits per heavy atom. The number of hydrogen-bond donors (Lipinski definition) is 0. The first-order valence-corrected chi connectivity index (χ1v) is 16.8. The average molecular weight is 593 g/mol. The first-order valence-electron chi connectivity index (χ1n) is 16.8. The summed E-state index contributed by atoms with van der Waals surface area (Å²) in [5.74, 6) is 1.63. The Bertz CT molecular complexity index is 1950. The van der Waals surface area contributed by atoms with Crippen LogP contribution in [0.15, 0.2) is 59.7 Å². The minimum atomic E-state index is -0.0653. The molecule has 230 valence electrons. The first-order chi connectivity index (χ1) is 21.4. The van der Waals surface area contributed by atoms with Crippen LogP contribution >= 0.6 is 0 Å². The molecule has 1 nitrogen and oxygen atoms in total. The Kier molecular flexibility index (Phi) is 7.04. The summed E-state index contributed by atoms with van der Waals surface area (Å²) in [6, 6.07) is 19.0. The lowest BCUT2D eigenvalue weighted by Gasteiger charge is -2.31. The van der Waals surface area contributed by atoms with E-state index in [0.29, 0.717) is 11.8 Å². The van der Waals surface area contributed by atoms with E-state index in [1.165, 1.54) is 103 Å². The second-order valence-corrected chi connectivity index (χ2v) is 15.2. The van der Waals surface area contributed by atoms with Gasteiger partial charge in [0.2, 0.25) is 0 Å². The van der Waals surface area contributed by atoms with Crippen molar-refractivity contribution in [2.24, 2.45) is 0 Å². The molecule has 0 aromatic heterocycles. The Morgan fingerprint density at radius 3 is 1.71 bits per heavy atom. The molecule has 45 heavy (non-hydrogen) atoms. The Hall–Kier alpha value is -3.84. The number of fused-ring (bicyclic) bond motifs is 3. The molecule has 3 aliphatic carbocycles. The second-order valence-electron chi connectivity index (χ2n) is 15.2. The van der Waals surface area contributed by atoms with Gasteiger partial charge in [0.15, 0.2) is 0 Å². The molecular weight excluding hydrogens is 544 g/mol. The Morgan fingerprint density at radius 2 is 1.18 bits per heavy atom. The summed E-state index contributed by atoms with van der Waals surface area (Å²) >= 11 is 0. The summed E-state index contributed by atoms with van der Waals surface area (Å²) in [6.07, 6.45) is 8.64. The molecular formula is C44H48O. The molecule has 0 saturated carbocycles. The van der Waals surface area contributed by atoms with Gasteiger partial charge < -0.3 is 4.74 Å². The molecule has 7 rings (SSSR count). The molecule has 0 spiro atoms. The van der Waals surface area contributed by atoms with Crippen LogP contribution in [-0.2, 0) is 18.3 Å². The summed E-state index contributed by atoms with van der Waals surface area (Å²) in [4.78, 5) is 0. The van der Waals surface area contributed by atoms with Gasteiger partial charge in [0.1, 0.15) is 5.75 Å². The molecule has 4 aromatic carbocycles. The minimum absolute atomic E-state index is 0.0653. The van der Waals surface area contributed by atoms with Crippen LogP contribution in [0, 0.1) is 27.7 Å². The van der Waals surface area contributed by atoms with Crippen molar-refractivity contribution >= 4 is 12.2 Å². The third kappa shape index (κ3) is 4.65. The van der Waals surface area contributed by atoms with Gasteiger partial charge in [-0.05, 0) is 127 Å². The van der Waals surface area contributed by atoms with Gasteiger partial charge in [-0.1, -0.05) is 104 Å². The van der Waals surface area contributed by atoms with Crippen LogP contribution in [0.25, 0.3) is 34.4 Å². The van der Waals surface area contributed by atoms with Gasteiger partial charge in [-0.2, -0.15) is 0 Å². The molecule has 0 heterocycles. The summed E-state index contributed by atoms with van der Waals surface area (Å²) in [5, 5.41) is 0. The molecule has 0 bridgehead atoms. The third-order valence-electron chi connectivity index (χ3n) is 10.9. The van der Waals surface area contributed by atoms with Crippen LogP contribution in [0.1, 0.15) is 114 Å². The zero-order chi connectivity index (χ0) is 31.9. The maximum absolute atomic E-state index is 6.34. The zero-order valence-electron chi connectivity index (χ0n) is 29.0. The topological polar surface area (TPSA) is 9.23 Å². The lowest BCUT2D eigenvalue weighted by molar-refractivity contribution is 0.398. The highest BCUT2D eigenvalue weighted by Gasteiger charge is 2.41. The Labute approximate surface area is 271 Å². The molecule has 0 amide bonds. The van der Waals surface area contributed by atoms with Gasteiger partial charge in [-0.3, -0.25) is 0 Å². The molecule has 0 fully saturated rings. The largest absolute Gasteiger partial charge is 0.496 e. The van der Waals surface area contributed by atoms with E-state index in [-0.39, 0.29) is 5.41 Å². The quantitative estimate of drug-likeness (QED) is 0.229. The number of allylic oxidation sites excluding steroid dienone is 2. The van der Waals surface area contributed by atoms with Crippen molar-refractivity contribution in [3.8, 4) is 28.0 Å². The van der Waals surface area contributed by atoms with Crippen molar-refractivity contribution in [3.63, 3.8) is 0 Å². The second kappa shape index (κ2) is 10.6. The minimum Gasteiger partial charge on any atom is -0.496 e. The van der Waals surface area contributed by atoms with Gasteiger partial charge in [-0.15, -0.1) is 0 Å². The molecule has 0 aliphatic heterocycles. The molecule has 0 saturated heterocycles. The monoisotopic (exact) mass is 592 g/mol. The number of methoxy groups -OCH3 is 1. The van der Waals surface area contributed by atoms with Crippen LogP contribution in [-0.4, -0.2) is 7.11 Å². The van der Waals surface area contributed by atoms with Crippen molar-refractivity contribution in [3.05, 3.63) is 121 Å². The van der Waals surface area contributed by atoms with E-state index >= 15 is 0 Å². The first kappa shape index (κ1) is 29.8. The molecule has 0 radical (unpaired) electrons. The fourth-order valence-electron chi connectivity index (χ4n) is 8.85. The summed E-state index contributed by atoms with van der Waals surface area (Å²) in [7, 11) is 1.85. The summed E-state index contributed by atoms with van der Waals surface area (Å²) in [6.45, 7) is 20.6. The molecule has 3 aliphatic rings. The van der Waals surface area contributed by atoms with E-state index < -0.39 is 0 Å². The highest BCUT2D eigenvalue weighted by molar-refractivity contribution is 5.91. The number of hydrogen-bond acceptors (Lipinski definition) is 1. The van der Waals surface area contributed by atoms with Gasteiger partial charge in [0.05, 0.1) is 7.11 Å². The van der Waals surface area contributed by atoms with Crippen molar-refractivity contribution in [2.45, 2.75) is 98.8 Å². The maximum Gasteiger partial charge on any atom is 0.131 e. The van der Waals surface area contributed by atoms with Crippen LogP contribution < -0.4 is 4.74 Å². The van der Waals surface area contributed by atoms with E-state index in [0.717, 1.165) is 5.75 Å². The highest BCUT2D eigenvalue weighted by atomic mass is 16.5. The fraction of sp³-hybridized carbons (Fsp3) is 0.364. The van der Waals surface area contributed by atoms with E-state index in [2.05, 4.69) is 123 Å². The number of aryl methyl sites for hydroxylation is 5. The highest BCUT2D eigenvalue weighted by Crippen LogP contribution is 2.58. The van der Waals surface area contributed by atoms with Gasteiger partial charge >= 0.3 is 0 Å². The predicted molar refractivity (Wildman–Crippen MR) is 193 cm³/mol. The SMILES string of the molecule is COc1c(C(C)(C)C)cc2c(c1-c1ccc(C)cc1C)C=C(C)C2C1C(C)=Cc2c1cc1c(c2-c2ccc(C)cc2C)CCC1. The maximum atomic E-state index is 6.34. The molecule has 2 unspecified atom stereocenters. The van der Waals surface area contributed by atoms with Gasteiger partial charge in [0, 0.05) is 23.0 Å². The number of benzene rings is 4. The normalized spacial score (nSPS) is 18.4. The number of ether oxygens (including phenoxy) is 1. The van der Waals surface area contributed by atoms with Crippen LogP contribution in [0.2, 0.25) is 0 Å². The van der Waals surface area contributed by atoms with Crippen LogP contribution in [0.3, 0.4) is 0 Å². The van der Waals surface area contributed by atoms with E-state index in [1.54, 1.807) is 11.1 Å². The van der Waals surface area contributed by atoms with Gasteiger partial charge in [0.25, 0.3) is 0 Å². The zero-order valence-corrected chi connectivity index (χ0v) is 29.0. The predicted octanol–water partition coefficient (Wildman–Crippen LogP) is 11.8. The average Bonchev–Trinajstić information content (AvgIpc) is 3.65. The lowest BCUT2D eigenvalue weighted by atomic mass is 9.74. The summed E-state index contributed by atoms with van der Waals surface area (Å²) in [5.41, 5.74) is 23.8. The number of rotatable bonds is 4. The standard InChI is InChI=1S/C44H48O/c1-24-14-16-31(26(3)18-24)41-33-13-11-12-30(33)22-36-34(41)20-28(5)39(36)40-29(6)21-35-37(40)23-38(44(7,8)9)43(45-10)42(35)32-17-15-25(2)19-27(32)4/h14-23,39-40H,11-13H2,1-10H3. The Balaban J connectivity index is 1.48. The van der Waals surface area contributed by atoms with Crippen molar-refractivity contribution in [1.82, 2.24) is 0 Å². The summed E-state index contributed by atoms with van der Waals surface area (Å²) < 4.78 is 6.34. The van der Waals surface area contributed by atoms with Crippen molar-refractivity contribution in [2.75, 3.05) is 7.11 Å². The smallest absolute Gasteiger partial charge is 0.131 e. The lowest BCUT2D eigenvalue weighted by Crippen LogP contribution is -2.17. The van der Waals surface area contributed by atoms with Crippen LogP contribution in [0.4, 0.5) is 0 Å². The molecule has 1 heteroatoms. The van der Waals surface area contributed by atoms with Gasteiger partial charge in [-0.25, -0.2) is 0 Å². The van der Waals surface area contributed by atoms with E-state index in [4.69, 9.17) is 4.74 Å². The molecule has 2 atom stereocenters. The van der Waals surface area contributed by atoms with E-state index in [9.17, 15) is 0 Å². The van der Waals surface area contributed by atoms with Crippen molar-refractivity contribution < 1.29 is 4.74 Å². The van der Waals surface area contributed by atoms with Crippen LogP contribution in [0.5, 0.6) is 5.75 Å². The molecule has 4 aromatic rings. The molecule has 0 N–H and O–H groups in total. The van der Waals surface area contributed by atoms with Crippen molar-refractivity contribution in [1.29, 1.82) is 0 Å².